The number of methoxy groups -OCH3 is 1. The maximum absolute atomic E-state index is 11.9. The molecule has 0 spiro atoms. The lowest BCUT2D eigenvalue weighted by atomic mass is 10.1. The fourth-order valence-corrected chi connectivity index (χ4v) is 2.46. The third-order valence-corrected chi connectivity index (χ3v) is 4.13. The molecule has 0 saturated carbocycles. The van der Waals surface area contributed by atoms with Crippen LogP contribution in [0.5, 0.6) is 0 Å². The Balaban J connectivity index is 1.86. The maximum atomic E-state index is 11.9. The van der Waals surface area contributed by atoms with Gasteiger partial charge in [-0.1, -0.05) is 47.5 Å². The Labute approximate surface area is 163 Å². The molecule has 2 rings (SSSR count). The molecule has 4 nitrogen and oxygen atoms in total. The van der Waals surface area contributed by atoms with Gasteiger partial charge in [-0.15, -0.1) is 0 Å². The largest absolute Gasteiger partial charge is 0.467 e. The molecule has 0 aliphatic rings. The second-order valence-electron chi connectivity index (χ2n) is 5.60. The third kappa shape index (κ3) is 6.98. The molecule has 2 aromatic carbocycles. The molecule has 1 atom stereocenters. The zero-order chi connectivity index (χ0) is 18.8. The fourth-order valence-electron chi connectivity index (χ4n) is 2.21. The van der Waals surface area contributed by atoms with Crippen LogP contribution in [0.4, 0.5) is 0 Å². The SMILES string of the molecule is COC(=O)C(CCCN=Cc1ccc(Cl)cc1)N=Cc1ccc(Cl)cc1. The summed E-state index contributed by atoms with van der Waals surface area (Å²) in [6.45, 7) is 0.604. The van der Waals surface area contributed by atoms with Crippen LogP contribution >= 0.6 is 23.2 Å². The number of benzene rings is 2. The molecular weight excluding hydrogens is 371 g/mol. The minimum absolute atomic E-state index is 0.350. The van der Waals surface area contributed by atoms with Crippen molar-refractivity contribution in [2.45, 2.75) is 18.9 Å². The van der Waals surface area contributed by atoms with Gasteiger partial charge < -0.3 is 4.74 Å². The van der Waals surface area contributed by atoms with Crippen LogP contribution in [0.3, 0.4) is 0 Å². The van der Waals surface area contributed by atoms with Gasteiger partial charge in [0.2, 0.25) is 0 Å². The molecule has 6 heteroatoms. The first kappa shape index (κ1) is 20.1. The van der Waals surface area contributed by atoms with Crippen molar-refractivity contribution < 1.29 is 9.53 Å². The van der Waals surface area contributed by atoms with Crippen LogP contribution in [0, 0.1) is 0 Å². The van der Waals surface area contributed by atoms with Crippen LogP contribution < -0.4 is 0 Å². The predicted octanol–water partition coefficient (Wildman–Crippen LogP) is 4.85. The molecule has 26 heavy (non-hydrogen) atoms. The molecule has 1 unspecified atom stereocenters. The standard InChI is InChI=1S/C20H20Cl2N2O2/c1-26-20(25)19(24-14-16-6-10-18(22)11-7-16)3-2-12-23-13-15-4-8-17(21)9-5-15/h4-11,13-14,19H,2-3,12H2,1H3. The van der Waals surface area contributed by atoms with Gasteiger partial charge in [-0.3, -0.25) is 9.98 Å². The molecule has 136 valence electrons. The number of hydrogen-bond donors (Lipinski definition) is 0. The van der Waals surface area contributed by atoms with Gasteiger partial charge in [0.25, 0.3) is 0 Å². The Bertz CT molecular complexity index is 756. The van der Waals surface area contributed by atoms with E-state index >= 15 is 0 Å². The van der Waals surface area contributed by atoms with Gasteiger partial charge in [0, 0.05) is 29.0 Å². The van der Waals surface area contributed by atoms with Crippen molar-refractivity contribution in [3.05, 3.63) is 69.7 Å². The molecule has 0 saturated heterocycles. The number of halogens is 2. The van der Waals surface area contributed by atoms with Crippen LogP contribution in [0.1, 0.15) is 24.0 Å². The van der Waals surface area contributed by atoms with E-state index in [2.05, 4.69) is 9.98 Å². The molecule has 0 bridgehead atoms. The minimum atomic E-state index is -0.540. The Morgan fingerprint density at radius 1 is 1.00 bits per heavy atom. The van der Waals surface area contributed by atoms with E-state index in [-0.39, 0.29) is 5.97 Å². The van der Waals surface area contributed by atoms with Crippen LogP contribution in [-0.2, 0) is 9.53 Å². The van der Waals surface area contributed by atoms with Crippen molar-refractivity contribution in [2.24, 2.45) is 9.98 Å². The first-order valence-electron chi connectivity index (χ1n) is 8.20. The zero-order valence-corrected chi connectivity index (χ0v) is 16.0. The van der Waals surface area contributed by atoms with Crippen molar-refractivity contribution in [3.63, 3.8) is 0 Å². The highest BCUT2D eigenvalue weighted by Crippen LogP contribution is 2.10. The Kier molecular flexibility index (Phi) is 8.32. The van der Waals surface area contributed by atoms with Gasteiger partial charge in [0.05, 0.1) is 7.11 Å². The summed E-state index contributed by atoms with van der Waals surface area (Å²) in [5.74, 6) is -0.350. The van der Waals surface area contributed by atoms with E-state index in [1.54, 1.807) is 24.6 Å². The topological polar surface area (TPSA) is 51.0 Å². The molecule has 0 aliphatic heterocycles. The lowest BCUT2D eigenvalue weighted by Crippen LogP contribution is -2.20. The number of hydrogen-bond acceptors (Lipinski definition) is 4. The van der Waals surface area contributed by atoms with Gasteiger partial charge in [-0.2, -0.15) is 0 Å². The Morgan fingerprint density at radius 3 is 2.08 bits per heavy atom. The molecule has 0 amide bonds. The van der Waals surface area contributed by atoms with Crippen molar-refractivity contribution >= 4 is 41.6 Å². The van der Waals surface area contributed by atoms with E-state index in [4.69, 9.17) is 27.9 Å². The summed E-state index contributed by atoms with van der Waals surface area (Å²) in [6, 6.07) is 14.2. The molecule has 0 aromatic heterocycles. The van der Waals surface area contributed by atoms with Gasteiger partial charge in [0.15, 0.2) is 0 Å². The second kappa shape index (κ2) is 10.7. The highest BCUT2D eigenvalue weighted by atomic mass is 35.5. The molecule has 2 aromatic rings. The average Bonchev–Trinajstić information content (AvgIpc) is 2.66. The molecule has 0 heterocycles. The van der Waals surface area contributed by atoms with E-state index < -0.39 is 6.04 Å². The van der Waals surface area contributed by atoms with Gasteiger partial charge >= 0.3 is 5.97 Å². The number of aliphatic imine (C=N–C) groups is 2. The number of carbonyl (C=O) groups excluding carboxylic acids is 1. The smallest absolute Gasteiger partial charge is 0.330 e. The van der Waals surface area contributed by atoms with Gasteiger partial charge in [-0.05, 0) is 48.2 Å². The normalized spacial score (nSPS) is 12.6. The average molecular weight is 391 g/mol. The second-order valence-corrected chi connectivity index (χ2v) is 6.47. The van der Waals surface area contributed by atoms with Crippen molar-refractivity contribution in [2.75, 3.05) is 13.7 Å². The lowest BCUT2D eigenvalue weighted by Gasteiger charge is -2.09. The minimum Gasteiger partial charge on any atom is -0.467 e. The summed E-state index contributed by atoms with van der Waals surface area (Å²) < 4.78 is 4.83. The summed E-state index contributed by atoms with van der Waals surface area (Å²) in [5, 5.41) is 1.35. The summed E-state index contributed by atoms with van der Waals surface area (Å²) in [5.41, 5.74) is 1.86. The number of nitrogens with zero attached hydrogens (tertiary/aromatic N) is 2. The first-order chi connectivity index (χ1) is 12.6. The summed E-state index contributed by atoms with van der Waals surface area (Å²) in [4.78, 5) is 20.6. The lowest BCUT2D eigenvalue weighted by molar-refractivity contribution is -0.142. The molecular formula is C20H20Cl2N2O2. The van der Waals surface area contributed by atoms with Crippen LogP contribution in [0.25, 0.3) is 0 Å². The van der Waals surface area contributed by atoms with E-state index in [1.807, 2.05) is 36.4 Å². The van der Waals surface area contributed by atoms with Gasteiger partial charge in [-0.25, -0.2) is 4.79 Å². The van der Waals surface area contributed by atoms with Crippen molar-refractivity contribution in [1.82, 2.24) is 0 Å². The van der Waals surface area contributed by atoms with E-state index in [0.29, 0.717) is 23.0 Å². The first-order valence-corrected chi connectivity index (χ1v) is 8.96. The van der Waals surface area contributed by atoms with Crippen LogP contribution in [-0.4, -0.2) is 38.1 Å². The summed E-state index contributed by atoms with van der Waals surface area (Å²) in [7, 11) is 1.37. The molecule has 0 aliphatic carbocycles. The number of rotatable bonds is 8. The molecule has 0 fully saturated rings. The maximum Gasteiger partial charge on any atom is 0.330 e. The monoisotopic (exact) mass is 390 g/mol. The van der Waals surface area contributed by atoms with E-state index in [9.17, 15) is 4.79 Å². The van der Waals surface area contributed by atoms with E-state index in [0.717, 1.165) is 17.5 Å². The van der Waals surface area contributed by atoms with E-state index in [1.165, 1.54) is 7.11 Å². The van der Waals surface area contributed by atoms with Gasteiger partial charge in [0.1, 0.15) is 6.04 Å². The van der Waals surface area contributed by atoms with Crippen molar-refractivity contribution in [3.8, 4) is 0 Å². The highest BCUT2D eigenvalue weighted by molar-refractivity contribution is 6.30. The Morgan fingerprint density at radius 2 is 1.54 bits per heavy atom. The fraction of sp³-hybridized carbons (Fsp3) is 0.250. The number of esters is 1. The Hall–Kier alpha value is -2.17. The predicted molar refractivity (Wildman–Crippen MR) is 108 cm³/mol. The molecule has 0 N–H and O–H groups in total. The number of carbonyl (C=O) groups is 1. The van der Waals surface area contributed by atoms with Crippen LogP contribution in [0.15, 0.2) is 58.5 Å². The summed E-state index contributed by atoms with van der Waals surface area (Å²) in [6.07, 6.45) is 4.74. The zero-order valence-electron chi connectivity index (χ0n) is 14.4. The van der Waals surface area contributed by atoms with Crippen LogP contribution in [0.2, 0.25) is 10.0 Å². The summed E-state index contributed by atoms with van der Waals surface area (Å²) >= 11 is 11.7. The number of ether oxygens (including phenoxy) is 1. The molecule has 0 radical (unpaired) electrons. The quantitative estimate of drug-likeness (QED) is 0.367. The van der Waals surface area contributed by atoms with Crippen molar-refractivity contribution in [1.29, 1.82) is 0 Å². The highest BCUT2D eigenvalue weighted by Gasteiger charge is 2.16. The third-order valence-electron chi connectivity index (χ3n) is 3.62.